The maximum absolute atomic E-state index is 12.2. The van der Waals surface area contributed by atoms with E-state index in [1.54, 1.807) is 12.1 Å². The molecule has 1 atom stereocenters. The molecule has 2 rings (SSSR count). The van der Waals surface area contributed by atoms with E-state index in [1.807, 2.05) is 0 Å². The van der Waals surface area contributed by atoms with Crippen molar-refractivity contribution in [3.8, 4) is 0 Å². The molecule has 21 heavy (non-hydrogen) atoms. The topological polar surface area (TPSA) is 75.3 Å². The number of benzene rings is 1. The molecule has 0 aromatic heterocycles. The predicted octanol–water partition coefficient (Wildman–Crippen LogP) is 1.59. The van der Waals surface area contributed by atoms with E-state index >= 15 is 0 Å². The Morgan fingerprint density at radius 1 is 1.43 bits per heavy atom. The molecule has 1 aromatic rings. The third kappa shape index (κ3) is 5.07. The molecule has 5 nitrogen and oxygen atoms in total. The van der Waals surface area contributed by atoms with Crippen molar-refractivity contribution in [3.05, 3.63) is 29.8 Å². The Kier molecular flexibility index (Phi) is 6.80. The number of rotatable bonds is 5. The molecular weight excluding hydrogens is 312 g/mol. The van der Waals surface area contributed by atoms with E-state index in [0.717, 1.165) is 25.9 Å². The molecule has 1 heterocycles. The maximum atomic E-state index is 12.2. The summed E-state index contributed by atoms with van der Waals surface area (Å²) < 4.78 is 27.0. The molecule has 0 aliphatic carbocycles. The zero-order chi connectivity index (χ0) is 14.6. The molecule has 0 radical (unpaired) electrons. The minimum atomic E-state index is -3.55. The lowest BCUT2D eigenvalue weighted by atomic mass is 10.0. The summed E-state index contributed by atoms with van der Waals surface area (Å²) in [5.74, 6) is 0.188. The summed E-state index contributed by atoms with van der Waals surface area (Å²) >= 11 is 0. The number of ketones is 1. The molecular formula is C14H21ClN2O3S. The van der Waals surface area contributed by atoms with E-state index in [-0.39, 0.29) is 23.1 Å². The first-order valence-electron chi connectivity index (χ1n) is 6.80. The highest BCUT2D eigenvalue weighted by molar-refractivity contribution is 7.89. The van der Waals surface area contributed by atoms with Crippen molar-refractivity contribution in [2.24, 2.45) is 5.92 Å². The summed E-state index contributed by atoms with van der Waals surface area (Å²) in [6.45, 7) is 3.70. The van der Waals surface area contributed by atoms with Crippen molar-refractivity contribution in [2.45, 2.75) is 24.7 Å². The van der Waals surface area contributed by atoms with Crippen LogP contribution in [0.25, 0.3) is 0 Å². The van der Waals surface area contributed by atoms with E-state index in [1.165, 1.54) is 19.1 Å². The fourth-order valence-electron chi connectivity index (χ4n) is 2.29. The van der Waals surface area contributed by atoms with Gasteiger partial charge in [-0.1, -0.05) is 12.1 Å². The van der Waals surface area contributed by atoms with Crippen molar-refractivity contribution in [1.29, 1.82) is 0 Å². The molecule has 0 spiro atoms. The second-order valence-corrected chi connectivity index (χ2v) is 6.92. The molecule has 2 N–H and O–H groups in total. The number of Topliss-reactive ketones (excluding diaryl/α,β-unsaturated/α-hetero) is 1. The Labute approximate surface area is 132 Å². The number of hydrogen-bond acceptors (Lipinski definition) is 4. The van der Waals surface area contributed by atoms with Crippen LogP contribution in [0.3, 0.4) is 0 Å². The summed E-state index contributed by atoms with van der Waals surface area (Å²) in [6, 6.07) is 6.14. The summed E-state index contributed by atoms with van der Waals surface area (Å²) in [6.07, 6.45) is 2.11. The van der Waals surface area contributed by atoms with Crippen molar-refractivity contribution in [2.75, 3.05) is 19.6 Å². The van der Waals surface area contributed by atoms with Gasteiger partial charge in [0.15, 0.2) is 5.78 Å². The number of hydrogen-bond donors (Lipinski definition) is 2. The van der Waals surface area contributed by atoms with E-state index in [4.69, 9.17) is 0 Å². The second-order valence-electron chi connectivity index (χ2n) is 5.15. The van der Waals surface area contributed by atoms with E-state index < -0.39 is 10.0 Å². The van der Waals surface area contributed by atoms with Crippen LogP contribution < -0.4 is 10.0 Å². The molecule has 1 unspecified atom stereocenters. The summed E-state index contributed by atoms with van der Waals surface area (Å²) in [5, 5.41) is 3.26. The van der Waals surface area contributed by atoms with Gasteiger partial charge in [0.2, 0.25) is 10.0 Å². The Morgan fingerprint density at radius 3 is 2.81 bits per heavy atom. The lowest BCUT2D eigenvalue weighted by Crippen LogP contribution is -2.38. The molecule has 1 aromatic carbocycles. The fraction of sp³-hybridized carbons (Fsp3) is 0.500. The first-order chi connectivity index (χ1) is 9.49. The Hall–Kier alpha value is -0.950. The van der Waals surface area contributed by atoms with Gasteiger partial charge >= 0.3 is 0 Å². The molecule has 1 aliphatic rings. The minimum absolute atomic E-state index is 0. The molecule has 1 fully saturated rings. The van der Waals surface area contributed by atoms with Gasteiger partial charge in [0.1, 0.15) is 0 Å². The summed E-state index contributed by atoms with van der Waals surface area (Å²) in [7, 11) is -3.55. The van der Waals surface area contributed by atoms with Crippen LogP contribution in [-0.2, 0) is 10.0 Å². The molecule has 0 bridgehead atoms. The van der Waals surface area contributed by atoms with Crippen molar-refractivity contribution >= 4 is 28.2 Å². The second kappa shape index (κ2) is 7.89. The normalized spacial score (nSPS) is 18.8. The highest BCUT2D eigenvalue weighted by Gasteiger charge is 2.19. The number of carbonyl (C=O) groups excluding carboxylic acids is 1. The van der Waals surface area contributed by atoms with Crippen molar-refractivity contribution < 1.29 is 13.2 Å². The van der Waals surface area contributed by atoms with Gasteiger partial charge in [-0.2, -0.15) is 0 Å². The van der Waals surface area contributed by atoms with Gasteiger partial charge in [-0.25, -0.2) is 13.1 Å². The lowest BCUT2D eigenvalue weighted by molar-refractivity contribution is 0.101. The van der Waals surface area contributed by atoms with Crippen LogP contribution in [0.15, 0.2) is 29.2 Å². The summed E-state index contributed by atoms with van der Waals surface area (Å²) in [4.78, 5) is 11.5. The first-order valence-corrected chi connectivity index (χ1v) is 8.29. The average Bonchev–Trinajstić information content (AvgIpc) is 2.46. The number of halogens is 1. The first kappa shape index (κ1) is 18.1. The van der Waals surface area contributed by atoms with E-state index in [9.17, 15) is 13.2 Å². The predicted molar refractivity (Wildman–Crippen MR) is 84.5 cm³/mol. The molecule has 1 aliphatic heterocycles. The van der Waals surface area contributed by atoms with E-state index in [0.29, 0.717) is 18.0 Å². The van der Waals surface area contributed by atoms with Gasteiger partial charge in [0, 0.05) is 12.1 Å². The third-order valence-corrected chi connectivity index (χ3v) is 4.93. The quantitative estimate of drug-likeness (QED) is 0.803. The van der Waals surface area contributed by atoms with Crippen molar-refractivity contribution in [3.63, 3.8) is 0 Å². The van der Waals surface area contributed by atoms with Gasteiger partial charge in [0.05, 0.1) is 4.90 Å². The minimum Gasteiger partial charge on any atom is -0.316 e. The Bertz CT molecular complexity index is 584. The van der Waals surface area contributed by atoms with Crippen LogP contribution in [-0.4, -0.2) is 33.8 Å². The monoisotopic (exact) mass is 332 g/mol. The molecule has 0 amide bonds. The van der Waals surface area contributed by atoms with E-state index in [2.05, 4.69) is 10.0 Å². The van der Waals surface area contributed by atoms with Gasteiger partial charge < -0.3 is 5.32 Å². The number of sulfonamides is 1. The standard InChI is InChI=1S/C14H20N2O3S.ClH/c1-11(17)13-5-2-6-14(8-13)20(18,19)16-10-12-4-3-7-15-9-12;/h2,5-6,8,12,15-16H,3-4,7,9-10H2,1H3;1H. The highest BCUT2D eigenvalue weighted by atomic mass is 35.5. The number of carbonyl (C=O) groups is 1. The van der Waals surface area contributed by atoms with Crippen LogP contribution in [0, 0.1) is 5.92 Å². The molecule has 0 saturated carbocycles. The summed E-state index contributed by atoms with van der Waals surface area (Å²) in [5.41, 5.74) is 0.409. The fourth-order valence-corrected chi connectivity index (χ4v) is 3.45. The average molecular weight is 333 g/mol. The number of nitrogens with one attached hydrogen (secondary N) is 2. The van der Waals surface area contributed by atoms with Crippen LogP contribution >= 0.6 is 12.4 Å². The van der Waals surface area contributed by atoms with Gasteiger partial charge in [0.25, 0.3) is 0 Å². The molecule has 1 saturated heterocycles. The zero-order valence-electron chi connectivity index (χ0n) is 12.0. The zero-order valence-corrected chi connectivity index (χ0v) is 13.6. The third-order valence-electron chi connectivity index (χ3n) is 3.51. The lowest BCUT2D eigenvalue weighted by Gasteiger charge is -2.22. The van der Waals surface area contributed by atoms with Crippen LogP contribution in [0.5, 0.6) is 0 Å². The highest BCUT2D eigenvalue weighted by Crippen LogP contribution is 2.14. The Morgan fingerprint density at radius 2 is 2.19 bits per heavy atom. The van der Waals surface area contributed by atoms with Crippen LogP contribution in [0.2, 0.25) is 0 Å². The van der Waals surface area contributed by atoms with Crippen molar-refractivity contribution in [1.82, 2.24) is 10.0 Å². The maximum Gasteiger partial charge on any atom is 0.240 e. The molecule has 118 valence electrons. The van der Waals surface area contributed by atoms with Gasteiger partial charge in [-0.3, -0.25) is 4.79 Å². The SMILES string of the molecule is CC(=O)c1cccc(S(=O)(=O)NCC2CCCNC2)c1.Cl. The van der Waals surface area contributed by atoms with Crippen LogP contribution in [0.1, 0.15) is 30.1 Å². The van der Waals surface area contributed by atoms with Gasteiger partial charge in [-0.05, 0) is 50.9 Å². The van der Waals surface area contributed by atoms with Gasteiger partial charge in [-0.15, -0.1) is 12.4 Å². The molecule has 7 heteroatoms. The smallest absolute Gasteiger partial charge is 0.240 e. The Balaban J connectivity index is 0.00000220. The largest absolute Gasteiger partial charge is 0.316 e. The van der Waals surface area contributed by atoms with Crippen LogP contribution in [0.4, 0.5) is 0 Å². The number of piperidine rings is 1.